The van der Waals surface area contributed by atoms with Crippen LogP contribution in [0.5, 0.6) is 0 Å². The minimum atomic E-state index is -0.959. The van der Waals surface area contributed by atoms with Crippen LogP contribution in [0.1, 0.15) is 30.4 Å². The number of hydrogen-bond acceptors (Lipinski definition) is 5. The van der Waals surface area contributed by atoms with Crippen molar-refractivity contribution in [1.29, 1.82) is 0 Å². The van der Waals surface area contributed by atoms with Crippen LogP contribution in [0.25, 0.3) is 11.4 Å². The number of rotatable bonds is 3. The van der Waals surface area contributed by atoms with Gasteiger partial charge in [-0.15, -0.1) is 0 Å². The number of aryl methyl sites for hydroxylation is 1. The number of hydrogen-bond donors (Lipinski definition) is 1. The number of benzene rings is 1. The van der Waals surface area contributed by atoms with Gasteiger partial charge in [-0.3, -0.25) is 0 Å². The summed E-state index contributed by atoms with van der Waals surface area (Å²) in [6.07, 6.45) is -0.218. The van der Waals surface area contributed by atoms with Crippen molar-refractivity contribution >= 4 is 21.9 Å². The van der Waals surface area contributed by atoms with Gasteiger partial charge in [0.2, 0.25) is 5.82 Å². The van der Waals surface area contributed by atoms with Gasteiger partial charge in [0.15, 0.2) is 6.10 Å². The Kier molecular flexibility index (Phi) is 3.77. The molecule has 3 rings (SSSR count). The molecule has 0 amide bonds. The summed E-state index contributed by atoms with van der Waals surface area (Å²) in [5, 5.41) is 12.9. The van der Waals surface area contributed by atoms with Gasteiger partial charge < -0.3 is 14.4 Å². The first-order valence-electron chi connectivity index (χ1n) is 6.53. The lowest BCUT2D eigenvalue weighted by atomic mass is 10.1. The molecule has 2 heterocycles. The third-order valence-electron chi connectivity index (χ3n) is 3.44. The van der Waals surface area contributed by atoms with Crippen LogP contribution in [0.2, 0.25) is 0 Å². The maximum Gasteiger partial charge on any atom is 0.332 e. The van der Waals surface area contributed by atoms with E-state index in [1.165, 1.54) is 0 Å². The number of nitrogens with zero attached hydrogens (tertiary/aromatic N) is 2. The van der Waals surface area contributed by atoms with Crippen LogP contribution in [-0.2, 0) is 9.53 Å². The fraction of sp³-hybridized carbons (Fsp3) is 0.357. The van der Waals surface area contributed by atoms with Crippen molar-refractivity contribution in [2.24, 2.45) is 0 Å². The highest BCUT2D eigenvalue weighted by Gasteiger charge is 2.34. The molecule has 0 saturated carbocycles. The number of aromatic nitrogens is 2. The molecular weight excluding hydrogens is 340 g/mol. The molecular formula is C14H13BrN2O4. The first kappa shape index (κ1) is 14.2. The summed E-state index contributed by atoms with van der Waals surface area (Å²) in [7, 11) is 0. The van der Waals surface area contributed by atoms with Gasteiger partial charge in [0.1, 0.15) is 6.10 Å². The summed E-state index contributed by atoms with van der Waals surface area (Å²) in [6.45, 7) is 1.99. The Morgan fingerprint density at radius 3 is 2.90 bits per heavy atom. The van der Waals surface area contributed by atoms with E-state index in [2.05, 4.69) is 26.1 Å². The van der Waals surface area contributed by atoms with Gasteiger partial charge in [0, 0.05) is 10.0 Å². The largest absolute Gasteiger partial charge is 0.479 e. The molecule has 0 aliphatic carbocycles. The number of aliphatic carboxylic acids is 1. The highest BCUT2D eigenvalue weighted by Crippen LogP contribution is 2.33. The molecule has 21 heavy (non-hydrogen) atoms. The lowest BCUT2D eigenvalue weighted by Crippen LogP contribution is -2.18. The van der Waals surface area contributed by atoms with E-state index in [9.17, 15) is 4.79 Å². The SMILES string of the molecule is Cc1ccc(-c2noc(C3CCC(C(=O)O)O3)n2)cc1Br. The zero-order valence-corrected chi connectivity index (χ0v) is 12.8. The number of carbonyl (C=O) groups is 1. The quantitative estimate of drug-likeness (QED) is 0.913. The molecule has 0 spiro atoms. The Morgan fingerprint density at radius 2 is 2.24 bits per heavy atom. The van der Waals surface area contributed by atoms with Gasteiger partial charge in [-0.05, 0) is 31.4 Å². The van der Waals surface area contributed by atoms with Crippen LogP contribution in [0.4, 0.5) is 0 Å². The molecule has 1 aliphatic rings. The molecule has 1 aromatic heterocycles. The van der Waals surface area contributed by atoms with Crippen molar-refractivity contribution in [1.82, 2.24) is 10.1 Å². The average Bonchev–Trinajstić information content (AvgIpc) is 3.09. The van der Waals surface area contributed by atoms with E-state index in [1.54, 1.807) is 0 Å². The Balaban J connectivity index is 1.80. The molecule has 7 heteroatoms. The van der Waals surface area contributed by atoms with Crippen molar-refractivity contribution in [2.75, 3.05) is 0 Å². The molecule has 1 fully saturated rings. The third kappa shape index (κ3) is 2.84. The fourth-order valence-corrected chi connectivity index (χ4v) is 2.59. The van der Waals surface area contributed by atoms with E-state index in [1.807, 2.05) is 25.1 Å². The van der Waals surface area contributed by atoms with Gasteiger partial charge in [0.05, 0.1) is 0 Å². The van der Waals surface area contributed by atoms with Gasteiger partial charge in [0.25, 0.3) is 5.89 Å². The van der Waals surface area contributed by atoms with Crippen LogP contribution in [0, 0.1) is 6.92 Å². The predicted octanol–water partition coefficient (Wildman–Crippen LogP) is 3.11. The second-order valence-corrected chi connectivity index (χ2v) is 5.80. The van der Waals surface area contributed by atoms with Crippen molar-refractivity contribution in [3.8, 4) is 11.4 Å². The number of carboxylic acid groups (broad SMARTS) is 1. The zero-order valence-electron chi connectivity index (χ0n) is 11.2. The first-order valence-corrected chi connectivity index (χ1v) is 7.32. The topological polar surface area (TPSA) is 85.5 Å². The molecule has 1 N–H and O–H groups in total. The zero-order chi connectivity index (χ0) is 15.0. The Morgan fingerprint density at radius 1 is 1.43 bits per heavy atom. The van der Waals surface area contributed by atoms with E-state index in [0.29, 0.717) is 24.6 Å². The second-order valence-electron chi connectivity index (χ2n) is 4.95. The summed E-state index contributed by atoms with van der Waals surface area (Å²) >= 11 is 3.46. The molecule has 0 bridgehead atoms. The van der Waals surface area contributed by atoms with E-state index in [4.69, 9.17) is 14.4 Å². The Hall–Kier alpha value is -1.73. The van der Waals surface area contributed by atoms with Crippen molar-refractivity contribution in [2.45, 2.75) is 32.0 Å². The van der Waals surface area contributed by atoms with Crippen molar-refractivity contribution < 1.29 is 19.2 Å². The van der Waals surface area contributed by atoms with Crippen LogP contribution < -0.4 is 0 Å². The highest BCUT2D eigenvalue weighted by atomic mass is 79.9. The number of carboxylic acids is 1. The second kappa shape index (κ2) is 5.57. The number of ether oxygens (including phenoxy) is 1. The van der Waals surface area contributed by atoms with Crippen molar-refractivity contribution in [3.63, 3.8) is 0 Å². The fourth-order valence-electron chi connectivity index (χ4n) is 2.22. The smallest absolute Gasteiger partial charge is 0.332 e. The van der Waals surface area contributed by atoms with Crippen molar-refractivity contribution in [3.05, 3.63) is 34.1 Å². The summed E-state index contributed by atoms with van der Waals surface area (Å²) in [6, 6.07) is 5.78. The van der Waals surface area contributed by atoms with Gasteiger partial charge in [-0.1, -0.05) is 33.2 Å². The average molecular weight is 353 g/mol. The molecule has 1 aromatic carbocycles. The highest BCUT2D eigenvalue weighted by molar-refractivity contribution is 9.10. The van der Waals surface area contributed by atoms with E-state index < -0.39 is 18.2 Å². The molecule has 6 nitrogen and oxygen atoms in total. The third-order valence-corrected chi connectivity index (χ3v) is 4.30. The summed E-state index contributed by atoms with van der Waals surface area (Å²) in [5.41, 5.74) is 1.95. The maximum atomic E-state index is 10.9. The first-order chi connectivity index (χ1) is 10.0. The Bertz CT molecular complexity index is 685. The summed E-state index contributed by atoms with van der Waals surface area (Å²) in [4.78, 5) is 15.2. The maximum absolute atomic E-state index is 10.9. The minimum absolute atomic E-state index is 0.324. The normalized spacial score (nSPS) is 21.6. The van der Waals surface area contributed by atoms with Crippen LogP contribution in [0.3, 0.4) is 0 Å². The monoisotopic (exact) mass is 352 g/mol. The molecule has 1 aliphatic heterocycles. The minimum Gasteiger partial charge on any atom is -0.479 e. The van der Waals surface area contributed by atoms with Crippen LogP contribution in [-0.4, -0.2) is 27.3 Å². The van der Waals surface area contributed by atoms with E-state index >= 15 is 0 Å². The summed E-state index contributed by atoms with van der Waals surface area (Å²) in [5.74, 6) is -0.168. The van der Waals surface area contributed by atoms with Gasteiger partial charge in [-0.2, -0.15) is 4.98 Å². The van der Waals surface area contributed by atoms with Gasteiger partial charge >= 0.3 is 5.97 Å². The van der Waals surface area contributed by atoms with E-state index in [-0.39, 0.29) is 0 Å². The van der Waals surface area contributed by atoms with Gasteiger partial charge in [-0.25, -0.2) is 4.79 Å². The molecule has 2 atom stereocenters. The molecule has 1 saturated heterocycles. The predicted molar refractivity (Wildman–Crippen MR) is 76.7 cm³/mol. The molecule has 110 valence electrons. The molecule has 2 unspecified atom stereocenters. The Labute approximate surface area is 129 Å². The van der Waals surface area contributed by atoms with E-state index in [0.717, 1.165) is 15.6 Å². The molecule has 2 aromatic rings. The molecule has 0 radical (unpaired) electrons. The lowest BCUT2D eigenvalue weighted by Gasteiger charge is -2.05. The van der Waals surface area contributed by atoms with Crippen LogP contribution in [0.15, 0.2) is 27.2 Å². The van der Waals surface area contributed by atoms with Crippen LogP contribution >= 0.6 is 15.9 Å². The standard InChI is InChI=1S/C14H13BrN2O4/c1-7-2-3-8(6-9(7)15)12-16-13(21-17-12)10-4-5-11(20-10)14(18)19/h2-3,6,10-11H,4-5H2,1H3,(H,18,19). The summed E-state index contributed by atoms with van der Waals surface area (Å²) < 4.78 is 11.6. The number of halogens is 1. The lowest BCUT2D eigenvalue weighted by molar-refractivity contribution is -0.150.